The monoisotopic (exact) mass is 452 g/mol. The van der Waals surface area contributed by atoms with E-state index in [9.17, 15) is 18.8 Å². The first-order valence-corrected chi connectivity index (χ1v) is 10.9. The molecule has 164 valence electrons. The predicted octanol–water partition coefficient (Wildman–Crippen LogP) is 4.61. The van der Waals surface area contributed by atoms with Crippen LogP contribution >= 0.6 is 11.6 Å². The number of carbonyl (C=O) groups excluding carboxylic acids is 3. The quantitative estimate of drug-likeness (QED) is 0.624. The molecule has 0 aliphatic carbocycles. The minimum Gasteiger partial charge on any atom is -0.359 e. The first kappa shape index (κ1) is 20.9. The molecule has 2 aromatic rings. The summed E-state index contributed by atoms with van der Waals surface area (Å²) in [6.45, 7) is 5.45. The Morgan fingerprint density at radius 2 is 1.72 bits per heavy atom. The van der Waals surface area contributed by atoms with Crippen molar-refractivity contribution in [2.75, 3.05) is 4.90 Å². The van der Waals surface area contributed by atoms with Gasteiger partial charge in [0.2, 0.25) is 11.8 Å². The van der Waals surface area contributed by atoms with Gasteiger partial charge in [0.15, 0.2) is 5.78 Å². The molecule has 2 amide bonds. The summed E-state index contributed by atoms with van der Waals surface area (Å²) in [4.78, 5) is 43.8. The molecule has 0 N–H and O–H groups in total. The summed E-state index contributed by atoms with van der Waals surface area (Å²) in [7, 11) is 0. The summed E-state index contributed by atoms with van der Waals surface area (Å²) >= 11 is 5.93. The first-order chi connectivity index (χ1) is 15.1. The Labute approximate surface area is 190 Å². The SMILES string of the molecule is CC(C)(C)C(=O)[C@H]1[C@@H]2C(=O)N(c3ccc(F)c(Cl)c3)C(=O)[C@@H]2[C@H]2c3ccccc3C=CN21. The van der Waals surface area contributed by atoms with Gasteiger partial charge < -0.3 is 4.90 Å². The van der Waals surface area contributed by atoms with E-state index in [4.69, 9.17) is 11.6 Å². The van der Waals surface area contributed by atoms with Gasteiger partial charge in [0.05, 0.1) is 28.6 Å². The van der Waals surface area contributed by atoms with Gasteiger partial charge in [-0.1, -0.05) is 56.6 Å². The average Bonchev–Trinajstić information content (AvgIpc) is 3.22. The smallest absolute Gasteiger partial charge is 0.240 e. The number of ketones is 1. The Hall–Kier alpha value is -2.99. The topological polar surface area (TPSA) is 57.7 Å². The fraction of sp³-hybridized carbons (Fsp3) is 0.320. The van der Waals surface area contributed by atoms with Crippen molar-refractivity contribution in [3.8, 4) is 0 Å². The van der Waals surface area contributed by atoms with E-state index in [2.05, 4.69) is 0 Å². The molecule has 3 heterocycles. The normalized spacial score (nSPS) is 26.3. The predicted molar refractivity (Wildman–Crippen MR) is 119 cm³/mol. The van der Waals surface area contributed by atoms with E-state index >= 15 is 0 Å². The molecular formula is C25H22ClFN2O3. The molecule has 2 saturated heterocycles. The van der Waals surface area contributed by atoms with E-state index in [0.29, 0.717) is 0 Å². The molecule has 2 fully saturated rings. The maximum absolute atomic E-state index is 13.7. The van der Waals surface area contributed by atoms with E-state index in [-0.39, 0.29) is 16.5 Å². The minimum absolute atomic E-state index is 0.0980. The number of fused-ring (bicyclic) bond motifs is 5. The maximum Gasteiger partial charge on any atom is 0.240 e. The lowest BCUT2D eigenvalue weighted by molar-refractivity contribution is -0.135. The first-order valence-electron chi connectivity index (χ1n) is 10.5. The van der Waals surface area contributed by atoms with Crippen LogP contribution in [0.15, 0.2) is 48.7 Å². The highest BCUT2D eigenvalue weighted by Crippen LogP contribution is 2.54. The van der Waals surface area contributed by atoms with Gasteiger partial charge in [-0.15, -0.1) is 0 Å². The molecule has 2 aromatic carbocycles. The van der Waals surface area contributed by atoms with Gasteiger partial charge in [-0.3, -0.25) is 14.4 Å². The Morgan fingerprint density at radius 1 is 1.03 bits per heavy atom. The lowest BCUT2D eigenvalue weighted by atomic mass is 9.79. The third-order valence-electron chi connectivity index (χ3n) is 6.63. The second-order valence-corrected chi connectivity index (χ2v) is 9.96. The van der Waals surface area contributed by atoms with Gasteiger partial charge in [0, 0.05) is 11.6 Å². The van der Waals surface area contributed by atoms with Crippen LogP contribution in [0.5, 0.6) is 0 Å². The highest BCUT2D eigenvalue weighted by Gasteiger charge is 2.65. The van der Waals surface area contributed by atoms with Crippen LogP contribution in [0.3, 0.4) is 0 Å². The fourth-order valence-corrected chi connectivity index (χ4v) is 5.35. The van der Waals surface area contributed by atoms with Crippen molar-refractivity contribution in [3.63, 3.8) is 0 Å². The number of rotatable bonds is 2. The molecule has 3 aliphatic heterocycles. The zero-order chi connectivity index (χ0) is 22.9. The molecule has 5 rings (SSSR count). The Morgan fingerprint density at radius 3 is 2.41 bits per heavy atom. The van der Waals surface area contributed by atoms with Gasteiger partial charge in [-0.2, -0.15) is 0 Å². The number of Topliss-reactive ketones (excluding diaryl/α,β-unsaturated/α-hetero) is 1. The van der Waals surface area contributed by atoms with Crippen LogP contribution in [0.25, 0.3) is 6.08 Å². The van der Waals surface area contributed by atoms with Crippen LogP contribution in [0.2, 0.25) is 5.02 Å². The molecule has 0 unspecified atom stereocenters. The second kappa shape index (κ2) is 7.01. The number of nitrogens with zero attached hydrogens (tertiary/aromatic N) is 2. The van der Waals surface area contributed by atoms with Gasteiger partial charge in [0.1, 0.15) is 11.9 Å². The van der Waals surface area contributed by atoms with E-state index in [1.807, 2.05) is 62.2 Å². The number of amides is 2. The van der Waals surface area contributed by atoms with Crippen LogP contribution in [0.4, 0.5) is 10.1 Å². The number of anilines is 1. The van der Waals surface area contributed by atoms with Gasteiger partial charge in [0.25, 0.3) is 0 Å². The van der Waals surface area contributed by atoms with Crippen molar-refractivity contribution in [2.24, 2.45) is 17.3 Å². The molecule has 0 spiro atoms. The van der Waals surface area contributed by atoms with E-state index in [1.165, 1.54) is 12.1 Å². The van der Waals surface area contributed by atoms with Crippen molar-refractivity contribution in [3.05, 3.63) is 70.6 Å². The van der Waals surface area contributed by atoms with Gasteiger partial charge in [-0.05, 0) is 35.4 Å². The van der Waals surface area contributed by atoms with Crippen LogP contribution in [-0.4, -0.2) is 28.5 Å². The average molecular weight is 453 g/mol. The molecule has 4 atom stereocenters. The highest BCUT2D eigenvalue weighted by atomic mass is 35.5. The van der Waals surface area contributed by atoms with E-state index < -0.39 is 47.0 Å². The van der Waals surface area contributed by atoms with Gasteiger partial charge >= 0.3 is 0 Å². The zero-order valence-corrected chi connectivity index (χ0v) is 18.6. The third kappa shape index (κ3) is 2.85. The van der Waals surface area contributed by atoms with Crippen LogP contribution < -0.4 is 4.90 Å². The van der Waals surface area contributed by atoms with Crippen molar-refractivity contribution >= 4 is 41.0 Å². The lowest BCUT2D eigenvalue weighted by Crippen LogP contribution is -2.47. The standard InChI is InChI=1S/C25H22ClFN2O3/c1-25(2,3)22(30)21-19-18(20-15-7-5-4-6-13(15)10-11-28(20)21)23(31)29(24(19)32)14-8-9-17(27)16(26)12-14/h4-12,18-21H,1-3H3/t18-,19+,20+,21+/m0/s1. The zero-order valence-electron chi connectivity index (χ0n) is 17.9. The Bertz CT molecular complexity index is 1200. The summed E-state index contributed by atoms with van der Waals surface area (Å²) in [6.07, 6.45) is 3.75. The number of benzene rings is 2. The molecule has 0 bridgehead atoms. The number of carbonyl (C=O) groups is 3. The number of hydrogen-bond acceptors (Lipinski definition) is 4. The number of hydrogen-bond donors (Lipinski definition) is 0. The number of halogens is 2. The lowest BCUT2D eigenvalue weighted by Gasteiger charge is -2.37. The summed E-state index contributed by atoms with van der Waals surface area (Å²) in [5, 5.41) is -0.171. The van der Waals surface area contributed by atoms with Crippen molar-refractivity contribution in [1.82, 2.24) is 4.90 Å². The fourth-order valence-electron chi connectivity index (χ4n) is 5.18. The highest BCUT2D eigenvalue weighted by molar-refractivity contribution is 6.31. The maximum atomic E-state index is 13.7. The molecule has 0 saturated carbocycles. The Balaban J connectivity index is 1.67. The Kier molecular flexibility index (Phi) is 4.57. The van der Waals surface area contributed by atoms with Crippen molar-refractivity contribution < 1.29 is 18.8 Å². The molecule has 5 nitrogen and oxygen atoms in total. The van der Waals surface area contributed by atoms with Crippen LogP contribution in [0, 0.1) is 23.1 Å². The molecule has 0 radical (unpaired) electrons. The summed E-state index contributed by atoms with van der Waals surface area (Å²) in [6, 6.07) is 10.3. The summed E-state index contributed by atoms with van der Waals surface area (Å²) in [5.74, 6) is -3.14. The van der Waals surface area contributed by atoms with Crippen LogP contribution in [0.1, 0.15) is 37.9 Å². The van der Waals surface area contributed by atoms with E-state index in [0.717, 1.165) is 22.1 Å². The molecule has 32 heavy (non-hydrogen) atoms. The van der Waals surface area contributed by atoms with Crippen molar-refractivity contribution in [2.45, 2.75) is 32.9 Å². The molecule has 7 heteroatoms. The number of imide groups is 1. The minimum atomic E-state index is -0.834. The second-order valence-electron chi connectivity index (χ2n) is 9.56. The molecule has 0 aromatic heterocycles. The van der Waals surface area contributed by atoms with E-state index in [1.54, 1.807) is 0 Å². The summed E-state index contributed by atoms with van der Waals surface area (Å²) < 4.78 is 13.7. The van der Waals surface area contributed by atoms with Crippen LogP contribution in [-0.2, 0) is 14.4 Å². The third-order valence-corrected chi connectivity index (χ3v) is 6.92. The van der Waals surface area contributed by atoms with Gasteiger partial charge in [-0.25, -0.2) is 9.29 Å². The molecule has 3 aliphatic rings. The van der Waals surface area contributed by atoms with Crippen molar-refractivity contribution in [1.29, 1.82) is 0 Å². The summed E-state index contributed by atoms with van der Waals surface area (Å²) in [5.41, 5.74) is 1.38. The largest absolute Gasteiger partial charge is 0.359 e. The molecular weight excluding hydrogens is 431 g/mol.